The lowest BCUT2D eigenvalue weighted by molar-refractivity contribution is 0.0488. The van der Waals surface area contributed by atoms with Gasteiger partial charge in [-0.1, -0.05) is 31.4 Å². The summed E-state index contributed by atoms with van der Waals surface area (Å²) in [5.74, 6) is 0. The highest BCUT2D eigenvalue weighted by Crippen LogP contribution is 2.44. The molecule has 2 fully saturated rings. The Hall–Kier alpha value is -1.55. The average molecular weight is 332 g/mol. The summed E-state index contributed by atoms with van der Waals surface area (Å²) in [6.45, 7) is 13.4. The number of allylic oxidation sites excluding steroid dienone is 2. The van der Waals surface area contributed by atoms with Crippen molar-refractivity contribution in [2.45, 2.75) is 82.5 Å². The molecule has 4 nitrogen and oxygen atoms in total. The van der Waals surface area contributed by atoms with Crippen LogP contribution < -0.4 is 10.6 Å². The number of alkyl carbamates (subject to hydrolysis) is 1. The van der Waals surface area contributed by atoms with Gasteiger partial charge in [0.05, 0.1) is 0 Å². The first-order valence-corrected chi connectivity index (χ1v) is 9.01. The molecule has 2 unspecified atom stereocenters. The number of rotatable bonds is 6. The molecule has 2 saturated carbocycles. The Bertz CT molecular complexity index is 512. The van der Waals surface area contributed by atoms with E-state index >= 15 is 0 Å². The molecule has 0 aliphatic heterocycles. The van der Waals surface area contributed by atoms with E-state index in [-0.39, 0.29) is 17.7 Å². The molecule has 0 aromatic rings. The minimum absolute atomic E-state index is 0.0639. The quantitative estimate of drug-likeness (QED) is 0.715. The van der Waals surface area contributed by atoms with Crippen LogP contribution in [0.2, 0.25) is 0 Å². The Morgan fingerprint density at radius 2 is 1.88 bits per heavy atom. The minimum Gasteiger partial charge on any atom is -0.444 e. The third-order valence-corrected chi connectivity index (χ3v) is 4.70. The lowest BCUT2D eigenvalue weighted by Gasteiger charge is -2.34. The van der Waals surface area contributed by atoms with Crippen molar-refractivity contribution in [1.82, 2.24) is 10.6 Å². The molecule has 2 aliphatic carbocycles. The van der Waals surface area contributed by atoms with Gasteiger partial charge in [-0.25, -0.2) is 4.79 Å². The molecule has 0 aromatic heterocycles. The van der Waals surface area contributed by atoms with Crippen molar-refractivity contribution in [3.63, 3.8) is 0 Å². The predicted octanol–water partition coefficient (Wildman–Crippen LogP) is 4.24. The molecule has 134 valence electrons. The van der Waals surface area contributed by atoms with E-state index < -0.39 is 5.60 Å². The topological polar surface area (TPSA) is 50.4 Å². The monoisotopic (exact) mass is 332 g/mol. The fraction of sp³-hybridized carbons (Fsp3) is 0.650. The number of carbonyl (C=O) groups excluding carboxylic acids is 1. The van der Waals surface area contributed by atoms with Crippen LogP contribution >= 0.6 is 0 Å². The molecule has 0 heterocycles. The van der Waals surface area contributed by atoms with Crippen LogP contribution in [0.4, 0.5) is 4.79 Å². The predicted molar refractivity (Wildman–Crippen MR) is 99.0 cm³/mol. The zero-order valence-electron chi connectivity index (χ0n) is 15.4. The second kappa shape index (κ2) is 7.56. The molecule has 2 atom stereocenters. The van der Waals surface area contributed by atoms with Crippen molar-refractivity contribution in [3.8, 4) is 0 Å². The van der Waals surface area contributed by atoms with Crippen LogP contribution in [-0.2, 0) is 4.74 Å². The molecule has 2 aliphatic rings. The fourth-order valence-electron chi connectivity index (χ4n) is 3.51. The van der Waals surface area contributed by atoms with E-state index in [1.165, 1.54) is 5.57 Å². The first-order valence-electron chi connectivity index (χ1n) is 9.01. The van der Waals surface area contributed by atoms with Crippen LogP contribution in [-0.4, -0.2) is 29.3 Å². The first kappa shape index (κ1) is 18.8. The van der Waals surface area contributed by atoms with Crippen molar-refractivity contribution in [2.75, 3.05) is 0 Å². The minimum atomic E-state index is -0.456. The highest BCUT2D eigenvalue weighted by atomic mass is 16.6. The number of ether oxygens (including phenoxy) is 1. The third-order valence-electron chi connectivity index (χ3n) is 4.70. The largest absolute Gasteiger partial charge is 0.444 e. The number of hydrogen-bond donors (Lipinski definition) is 2. The van der Waals surface area contributed by atoms with Crippen LogP contribution in [0.3, 0.4) is 0 Å². The van der Waals surface area contributed by atoms with E-state index in [4.69, 9.17) is 4.74 Å². The molecule has 2 N–H and O–H groups in total. The SMILES string of the molecule is C=C/C=C(\C=C)C1(NC2CCCC(NC(=O)OC(C)(C)C)C2)CC1. The van der Waals surface area contributed by atoms with Crippen molar-refractivity contribution < 1.29 is 9.53 Å². The zero-order chi connectivity index (χ0) is 17.8. The standard InChI is InChI=1S/C20H32N2O2/c1-6-9-15(7-2)20(12-13-20)22-17-11-8-10-16(14-17)21-18(23)24-19(3,4)5/h6-7,9,16-17,22H,1-2,8,10-14H2,3-5H3,(H,21,23)/b15-9+. The summed E-state index contributed by atoms with van der Waals surface area (Å²) >= 11 is 0. The third kappa shape index (κ3) is 5.23. The molecular weight excluding hydrogens is 300 g/mol. The second-order valence-electron chi connectivity index (χ2n) is 7.99. The summed E-state index contributed by atoms with van der Waals surface area (Å²) < 4.78 is 5.37. The Kier molecular flexibility index (Phi) is 5.92. The second-order valence-corrected chi connectivity index (χ2v) is 7.99. The van der Waals surface area contributed by atoms with Crippen molar-refractivity contribution in [2.24, 2.45) is 0 Å². The number of nitrogens with one attached hydrogen (secondary N) is 2. The summed E-state index contributed by atoms with van der Waals surface area (Å²) in [6, 6.07) is 0.590. The molecule has 1 amide bonds. The molecular formula is C20H32N2O2. The van der Waals surface area contributed by atoms with Gasteiger partial charge in [-0.3, -0.25) is 0 Å². The van der Waals surface area contributed by atoms with Crippen molar-refractivity contribution in [1.29, 1.82) is 0 Å². The van der Waals surface area contributed by atoms with Gasteiger partial charge in [0.2, 0.25) is 0 Å². The first-order chi connectivity index (χ1) is 11.3. The molecule has 0 bridgehead atoms. The van der Waals surface area contributed by atoms with Gasteiger partial charge in [0, 0.05) is 17.6 Å². The molecule has 0 radical (unpaired) electrons. The van der Waals surface area contributed by atoms with Crippen LogP contribution in [0.15, 0.2) is 37.0 Å². The Balaban J connectivity index is 1.89. The van der Waals surface area contributed by atoms with Gasteiger partial charge >= 0.3 is 6.09 Å². The van der Waals surface area contributed by atoms with Crippen LogP contribution in [0.1, 0.15) is 59.3 Å². The summed E-state index contributed by atoms with van der Waals surface area (Å²) in [5, 5.41) is 6.84. The van der Waals surface area contributed by atoms with Gasteiger partial charge < -0.3 is 15.4 Å². The van der Waals surface area contributed by atoms with E-state index in [9.17, 15) is 4.79 Å². The normalized spacial score (nSPS) is 26.4. The molecule has 2 rings (SSSR count). The summed E-state index contributed by atoms with van der Waals surface area (Å²) in [6.07, 6.45) is 12.0. The van der Waals surface area contributed by atoms with E-state index in [1.54, 1.807) is 0 Å². The maximum absolute atomic E-state index is 12.0. The number of carbonyl (C=O) groups is 1. The van der Waals surface area contributed by atoms with E-state index in [0.717, 1.165) is 38.5 Å². The van der Waals surface area contributed by atoms with Gasteiger partial charge in [0.1, 0.15) is 5.60 Å². The number of hydrogen-bond acceptors (Lipinski definition) is 3. The highest BCUT2D eigenvalue weighted by Gasteiger charge is 2.46. The highest BCUT2D eigenvalue weighted by molar-refractivity contribution is 5.68. The van der Waals surface area contributed by atoms with Gasteiger partial charge in [-0.05, 0) is 64.9 Å². The van der Waals surface area contributed by atoms with Crippen molar-refractivity contribution >= 4 is 6.09 Å². The van der Waals surface area contributed by atoms with Crippen LogP contribution in [0, 0.1) is 0 Å². The molecule has 0 saturated heterocycles. The maximum Gasteiger partial charge on any atom is 0.407 e. The Morgan fingerprint density at radius 3 is 2.42 bits per heavy atom. The summed E-state index contributed by atoms with van der Waals surface area (Å²) in [4.78, 5) is 12.0. The maximum atomic E-state index is 12.0. The van der Waals surface area contributed by atoms with Gasteiger partial charge in [0.15, 0.2) is 0 Å². The average Bonchev–Trinajstić information content (AvgIpc) is 3.23. The van der Waals surface area contributed by atoms with Gasteiger partial charge in [-0.15, -0.1) is 0 Å². The van der Waals surface area contributed by atoms with Crippen LogP contribution in [0.25, 0.3) is 0 Å². The lowest BCUT2D eigenvalue weighted by Crippen LogP contribution is -2.49. The fourth-order valence-corrected chi connectivity index (χ4v) is 3.51. The zero-order valence-corrected chi connectivity index (χ0v) is 15.4. The Labute approximate surface area is 146 Å². The van der Waals surface area contributed by atoms with Gasteiger partial charge in [0.25, 0.3) is 0 Å². The summed E-state index contributed by atoms with van der Waals surface area (Å²) in [7, 11) is 0. The molecule has 24 heavy (non-hydrogen) atoms. The Morgan fingerprint density at radius 1 is 1.21 bits per heavy atom. The number of amides is 1. The van der Waals surface area contributed by atoms with Crippen molar-refractivity contribution in [3.05, 3.63) is 37.0 Å². The van der Waals surface area contributed by atoms with E-state index in [1.807, 2.05) is 39.0 Å². The summed E-state index contributed by atoms with van der Waals surface area (Å²) in [5.41, 5.74) is 0.830. The molecule has 0 aromatic carbocycles. The van der Waals surface area contributed by atoms with E-state index in [0.29, 0.717) is 6.04 Å². The van der Waals surface area contributed by atoms with Gasteiger partial charge in [-0.2, -0.15) is 0 Å². The van der Waals surface area contributed by atoms with E-state index in [2.05, 4.69) is 23.8 Å². The lowest BCUT2D eigenvalue weighted by atomic mass is 9.89. The molecule has 4 heteroatoms. The smallest absolute Gasteiger partial charge is 0.407 e. The van der Waals surface area contributed by atoms with Crippen LogP contribution in [0.5, 0.6) is 0 Å². The molecule has 0 spiro atoms.